The normalized spacial score (nSPS) is 16.2. The number of rotatable bonds is 3. The third kappa shape index (κ3) is 2.87. The van der Waals surface area contributed by atoms with Crippen LogP contribution >= 0.6 is 0 Å². The second-order valence-electron chi connectivity index (χ2n) is 5.85. The van der Waals surface area contributed by atoms with Crippen LogP contribution in [0.15, 0.2) is 48.5 Å². The molecule has 1 fully saturated rings. The Kier molecular flexibility index (Phi) is 4.05. The van der Waals surface area contributed by atoms with Crippen LogP contribution in [0.3, 0.4) is 0 Å². The van der Waals surface area contributed by atoms with Gasteiger partial charge in [-0.2, -0.15) is 0 Å². The number of benzene rings is 2. The Hall–Kier alpha value is -1.76. The fraction of sp³-hybridized carbons (Fsp3) is 0.368. The van der Waals surface area contributed by atoms with Crippen molar-refractivity contribution in [3.63, 3.8) is 0 Å². The van der Waals surface area contributed by atoms with Crippen LogP contribution < -0.4 is 0 Å². The molecular formula is C19H22O. The van der Waals surface area contributed by atoms with E-state index in [4.69, 9.17) is 0 Å². The number of hydrogen-bond acceptors (Lipinski definition) is 1. The lowest BCUT2D eigenvalue weighted by Gasteiger charge is -2.25. The molecule has 1 aliphatic rings. The lowest BCUT2D eigenvalue weighted by atomic mass is 9.80. The topological polar surface area (TPSA) is 20.2 Å². The van der Waals surface area contributed by atoms with Crippen LogP contribution in [0.5, 0.6) is 5.75 Å². The highest BCUT2D eigenvalue weighted by atomic mass is 16.3. The van der Waals surface area contributed by atoms with E-state index in [2.05, 4.69) is 30.3 Å². The molecule has 20 heavy (non-hydrogen) atoms. The molecule has 0 aliphatic heterocycles. The van der Waals surface area contributed by atoms with Crippen LogP contribution in [0.4, 0.5) is 0 Å². The Balaban J connectivity index is 1.92. The second kappa shape index (κ2) is 6.13. The maximum absolute atomic E-state index is 10.3. The zero-order valence-corrected chi connectivity index (χ0v) is 11.9. The fourth-order valence-electron chi connectivity index (χ4n) is 3.43. The van der Waals surface area contributed by atoms with Gasteiger partial charge in [-0.1, -0.05) is 61.7 Å². The maximum Gasteiger partial charge on any atom is 0.119 e. The van der Waals surface area contributed by atoms with Crippen molar-refractivity contribution in [1.29, 1.82) is 0 Å². The van der Waals surface area contributed by atoms with Crippen molar-refractivity contribution in [2.75, 3.05) is 0 Å². The van der Waals surface area contributed by atoms with Gasteiger partial charge in [-0.05, 0) is 42.4 Å². The molecule has 1 heteroatoms. The molecule has 3 rings (SSSR count). The van der Waals surface area contributed by atoms with E-state index in [0.717, 1.165) is 6.42 Å². The van der Waals surface area contributed by atoms with Gasteiger partial charge in [0.1, 0.15) is 5.75 Å². The van der Waals surface area contributed by atoms with E-state index in [1.54, 1.807) is 0 Å². The monoisotopic (exact) mass is 266 g/mol. The number of aromatic hydroxyl groups is 1. The van der Waals surface area contributed by atoms with Gasteiger partial charge in [0.25, 0.3) is 0 Å². The number of hydrogen-bond donors (Lipinski definition) is 1. The highest BCUT2D eigenvalue weighted by Crippen LogP contribution is 2.39. The molecule has 1 nitrogen and oxygen atoms in total. The minimum Gasteiger partial charge on any atom is -0.508 e. The van der Waals surface area contributed by atoms with E-state index in [1.165, 1.54) is 48.8 Å². The first-order valence-corrected chi connectivity index (χ1v) is 7.69. The van der Waals surface area contributed by atoms with Gasteiger partial charge in [-0.25, -0.2) is 0 Å². The molecule has 1 N–H and O–H groups in total. The molecule has 0 radical (unpaired) electrons. The predicted octanol–water partition coefficient (Wildman–Crippen LogP) is 5.03. The van der Waals surface area contributed by atoms with Crippen LogP contribution in [0.2, 0.25) is 0 Å². The molecule has 0 bridgehead atoms. The summed E-state index contributed by atoms with van der Waals surface area (Å²) in [4.78, 5) is 0. The Morgan fingerprint density at radius 2 is 1.60 bits per heavy atom. The largest absolute Gasteiger partial charge is 0.508 e. The zero-order valence-electron chi connectivity index (χ0n) is 11.9. The highest BCUT2D eigenvalue weighted by Gasteiger charge is 2.21. The molecule has 0 aromatic heterocycles. The van der Waals surface area contributed by atoms with E-state index < -0.39 is 0 Å². The molecule has 0 heterocycles. The second-order valence-corrected chi connectivity index (χ2v) is 5.85. The lowest BCUT2D eigenvalue weighted by molar-refractivity contribution is 0.412. The third-order valence-electron chi connectivity index (χ3n) is 4.42. The van der Waals surface area contributed by atoms with E-state index in [1.807, 2.05) is 18.2 Å². The lowest BCUT2D eigenvalue weighted by Crippen LogP contribution is -2.08. The molecule has 1 aliphatic carbocycles. The van der Waals surface area contributed by atoms with Gasteiger partial charge >= 0.3 is 0 Å². The summed E-state index contributed by atoms with van der Waals surface area (Å²) in [5.74, 6) is 1.04. The minimum absolute atomic E-state index is 0.491. The molecule has 2 aromatic carbocycles. The summed E-state index contributed by atoms with van der Waals surface area (Å²) >= 11 is 0. The Morgan fingerprint density at radius 1 is 0.850 bits per heavy atom. The van der Waals surface area contributed by atoms with Gasteiger partial charge in [0.15, 0.2) is 0 Å². The Bertz CT molecular complexity index is 553. The van der Waals surface area contributed by atoms with Crippen LogP contribution in [0.25, 0.3) is 0 Å². The van der Waals surface area contributed by atoms with Crippen molar-refractivity contribution in [3.8, 4) is 5.75 Å². The molecular weight excluding hydrogens is 244 g/mol. The molecule has 0 saturated heterocycles. The van der Waals surface area contributed by atoms with E-state index in [-0.39, 0.29) is 0 Å². The van der Waals surface area contributed by atoms with Crippen LogP contribution in [0, 0.1) is 0 Å². The van der Waals surface area contributed by atoms with Crippen molar-refractivity contribution in [3.05, 3.63) is 65.2 Å². The van der Waals surface area contributed by atoms with Crippen molar-refractivity contribution in [2.24, 2.45) is 0 Å². The summed E-state index contributed by atoms with van der Waals surface area (Å²) in [6.07, 6.45) is 7.30. The summed E-state index contributed by atoms with van der Waals surface area (Å²) in [5, 5.41) is 10.3. The number of phenolic OH excluding ortho intramolecular Hbond substituents is 1. The molecule has 0 spiro atoms. The maximum atomic E-state index is 10.3. The van der Waals surface area contributed by atoms with E-state index >= 15 is 0 Å². The van der Waals surface area contributed by atoms with Crippen LogP contribution in [-0.4, -0.2) is 5.11 Å². The summed E-state index contributed by atoms with van der Waals surface area (Å²) < 4.78 is 0. The van der Waals surface area contributed by atoms with E-state index in [0.29, 0.717) is 11.7 Å². The van der Waals surface area contributed by atoms with E-state index in [9.17, 15) is 5.11 Å². The van der Waals surface area contributed by atoms with Crippen molar-refractivity contribution >= 4 is 0 Å². The summed E-state index contributed by atoms with van der Waals surface area (Å²) in [6, 6.07) is 16.5. The average Bonchev–Trinajstić information content (AvgIpc) is 2.49. The van der Waals surface area contributed by atoms with Crippen molar-refractivity contribution in [1.82, 2.24) is 0 Å². The predicted molar refractivity (Wildman–Crippen MR) is 83.2 cm³/mol. The van der Waals surface area contributed by atoms with Gasteiger partial charge in [-0.3, -0.25) is 0 Å². The first-order valence-electron chi connectivity index (χ1n) is 7.69. The number of phenols is 1. The first kappa shape index (κ1) is 13.2. The standard InChI is InChI=1S/C19H22O/c20-18-13-7-12-17(14-15-8-3-1-4-9-15)19(18)16-10-5-2-6-11-16/h1,3-4,7-9,12-13,16,20H,2,5-6,10-11,14H2. The summed E-state index contributed by atoms with van der Waals surface area (Å²) in [6.45, 7) is 0. The Labute approximate surface area is 121 Å². The zero-order chi connectivity index (χ0) is 13.8. The summed E-state index contributed by atoms with van der Waals surface area (Å²) in [5.41, 5.74) is 3.81. The van der Waals surface area contributed by atoms with Crippen molar-refractivity contribution < 1.29 is 5.11 Å². The van der Waals surface area contributed by atoms with Gasteiger partial charge in [0.05, 0.1) is 0 Å². The van der Waals surface area contributed by atoms with Gasteiger partial charge in [0.2, 0.25) is 0 Å². The molecule has 1 saturated carbocycles. The average molecular weight is 266 g/mol. The SMILES string of the molecule is Oc1cccc(Cc2ccccc2)c1C1CCCCC1. The quantitative estimate of drug-likeness (QED) is 0.826. The Morgan fingerprint density at radius 3 is 2.35 bits per heavy atom. The summed E-state index contributed by atoms with van der Waals surface area (Å²) in [7, 11) is 0. The third-order valence-corrected chi connectivity index (χ3v) is 4.42. The fourth-order valence-corrected chi connectivity index (χ4v) is 3.43. The highest BCUT2D eigenvalue weighted by molar-refractivity contribution is 5.44. The molecule has 0 atom stereocenters. The smallest absolute Gasteiger partial charge is 0.119 e. The molecule has 2 aromatic rings. The molecule has 0 unspecified atom stereocenters. The van der Waals surface area contributed by atoms with Gasteiger partial charge in [0, 0.05) is 5.56 Å². The molecule has 104 valence electrons. The van der Waals surface area contributed by atoms with Gasteiger partial charge < -0.3 is 5.11 Å². The van der Waals surface area contributed by atoms with Gasteiger partial charge in [-0.15, -0.1) is 0 Å². The van der Waals surface area contributed by atoms with Crippen LogP contribution in [-0.2, 0) is 6.42 Å². The van der Waals surface area contributed by atoms with Crippen molar-refractivity contribution in [2.45, 2.75) is 44.4 Å². The van der Waals surface area contributed by atoms with Crippen LogP contribution in [0.1, 0.15) is 54.7 Å². The minimum atomic E-state index is 0.491. The first-order chi connectivity index (χ1) is 9.84. The molecule has 0 amide bonds.